The topological polar surface area (TPSA) is 16.4 Å². The van der Waals surface area contributed by atoms with Gasteiger partial charge in [-0.15, -0.1) is 0 Å². The van der Waals surface area contributed by atoms with Gasteiger partial charge in [-0.25, -0.2) is 0 Å². The summed E-state index contributed by atoms with van der Waals surface area (Å²) in [5, 5.41) is 2.30. The fourth-order valence-corrected chi connectivity index (χ4v) is 8.98. The third-order valence-electron chi connectivity index (χ3n) is 12.2. The van der Waals surface area contributed by atoms with E-state index in [9.17, 15) is 0 Å². The highest BCUT2D eigenvalue weighted by molar-refractivity contribution is 6.06. The predicted octanol–water partition coefficient (Wildman–Crippen LogP) is 14.3. The van der Waals surface area contributed by atoms with E-state index in [1.165, 1.54) is 55.6 Å². The summed E-state index contributed by atoms with van der Waals surface area (Å²) in [7, 11) is 0. The van der Waals surface area contributed by atoms with Gasteiger partial charge in [-0.1, -0.05) is 136 Å². The van der Waals surface area contributed by atoms with Crippen molar-refractivity contribution < 1.29 is 4.42 Å². The van der Waals surface area contributed by atoms with Crippen molar-refractivity contribution in [1.29, 1.82) is 0 Å². The van der Waals surface area contributed by atoms with Crippen LogP contribution in [0.5, 0.6) is 0 Å². The molecule has 0 fully saturated rings. The molecule has 0 bridgehead atoms. The van der Waals surface area contributed by atoms with Crippen LogP contribution < -0.4 is 4.90 Å². The Balaban J connectivity index is 1.23. The summed E-state index contributed by atoms with van der Waals surface area (Å²) in [5.41, 5.74) is 18.6. The lowest BCUT2D eigenvalue weighted by atomic mass is 9.79. The van der Waals surface area contributed by atoms with Gasteiger partial charge in [0.05, 0.1) is 0 Å². The highest BCUT2D eigenvalue weighted by Gasteiger charge is 2.38. The standard InChI is InChI=1S/C50H49NO/c1-47(2,3)30-15-20-36-38-23-18-33(28-44(38)50(9,10)42(36)25-30)51(32-17-22-37-35-13-11-12-14-41(35)49(7,8)43(37)27-32)34-19-24-40-39-21-16-31(48(4,5)6)26-45(39)52-46(40)29-34/h11-29H,1-10H3. The maximum atomic E-state index is 6.66. The first kappa shape index (κ1) is 32.8. The highest BCUT2D eigenvalue weighted by Crippen LogP contribution is 2.54. The van der Waals surface area contributed by atoms with Gasteiger partial charge in [-0.2, -0.15) is 0 Å². The molecule has 9 rings (SSSR count). The Bertz CT molecular complexity index is 2600. The minimum Gasteiger partial charge on any atom is -0.456 e. The van der Waals surface area contributed by atoms with Gasteiger partial charge in [0.15, 0.2) is 0 Å². The van der Waals surface area contributed by atoms with Gasteiger partial charge in [-0.05, 0) is 109 Å². The summed E-state index contributed by atoms with van der Waals surface area (Å²) < 4.78 is 6.66. The first-order valence-electron chi connectivity index (χ1n) is 18.8. The predicted molar refractivity (Wildman–Crippen MR) is 221 cm³/mol. The van der Waals surface area contributed by atoms with E-state index in [4.69, 9.17) is 4.42 Å². The Morgan fingerprint density at radius 3 is 1.46 bits per heavy atom. The molecule has 1 heterocycles. The molecule has 0 unspecified atom stereocenters. The van der Waals surface area contributed by atoms with Crippen molar-refractivity contribution in [1.82, 2.24) is 0 Å². The summed E-state index contributed by atoms with van der Waals surface area (Å²) in [6, 6.07) is 43.6. The van der Waals surface area contributed by atoms with Crippen molar-refractivity contribution >= 4 is 39.0 Å². The van der Waals surface area contributed by atoms with Crippen LogP contribution in [0.15, 0.2) is 120 Å². The zero-order chi connectivity index (χ0) is 36.5. The van der Waals surface area contributed by atoms with Crippen LogP contribution in [-0.4, -0.2) is 0 Å². The summed E-state index contributed by atoms with van der Waals surface area (Å²) in [6.07, 6.45) is 0. The lowest BCUT2D eigenvalue weighted by Gasteiger charge is -2.30. The molecule has 0 radical (unpaired) electrons. The van der Waals surface area contributed by atoms with E-state index in [1.54, 1.807) is 0 Å². The molecule has 2 aliphatic rings. The molecule has 2 nitrogen and oxygen atoms in total. The van der Waals surface area contributed by atoms with E-state index in [0.717, 1.165) is 39.0 Å². The molecular formula is C50H49NO. The Kier molecular flexibility index (Phi) is 6.77. The van der Waals surface area contributed by atoms with Crippen LogP contribution in [0.2, 0.25) is 0 Å². The smallest absolute Gasteiger partial charge is 0.137 e. The van der Waals surface area contributed by atoms with Crippen LogP contribution in [0, 0.1) is 0 Å². The quantitative estimate of drug-likeness (QED) is 0.185. The number of rotatable bonds is 3. The summed E-state index contributed by atoms with van der Waals surface area (Å²) in [6.45, 7) is 23.2. The number of benzene rings is 6. The second kappa shape index (κ2) is 10.7. The van der Waals surface area contributed by atoms with Crippen molar-refractivity contribution in [3.05, 3.63) is 149 Å². The number of nitrogens with zero attached hydrogens (tertiary/aromatic N) is 1. The van der Waals surface area contributed by atoms with Crippen molar-refractivity contribution in [2.75, 3.05) is 4.90 Å². The van der Waals surface area contributed by atoms with E-state index in [2.05, 4.69) is 189 Å². The van der Waals surface area contributed by atoms with Gasteiger partial charge in [-0.3, -0.25) is 0 Å². The van der Waals surface area contributed by atoms with Gasteiger partial charge in [0.2, 0.25) is 0 Å². The van der Waals surface area contributed by atoms with Crippen molar-refractivity contribution in [2.24, 2.45) is 0 Å². The molecule has 6 aromatic carbocycles. The first-order chi connectivity index (χ1) is 24.5. The minimum absolute atomic E-state index is 0.0471. The van der Waals surface area contributed by atoms with Crippen molar-refractivity contribution in [3.63, 3.8) is 0 Å². The van der Waals surface area contributed by atoms with Gasteiger partial charge in [0, 0.05) is 44.7 Å². The Labute approximate surface area is 309 Å². The van der Waals surface area contributed by atoms with Gasteiger partial charge < -0.3 is 9.32 Å². The number of hydrogen-bond acceptors (Lipinski definition) is 2. The van der Waals surface area contributed by atoms with Crippen LogP contribution in [0.3, 0.4) is 0 Å². The molecule has 7 aromatic rings. The van der Waals surface area contributed by atoms with Crippen LogP contribution >= 0.6 is 0 Å². The monoisotopic (exact) mass is 679 g/mol. The van der Waals surface area contributed by atoms with Crippen LogP contribution in [-0.2, 0) is 21.7 Å². The number of furan rings is 1. The number of hydrogen-bond donors (Lipinski definition) is 0. The van der Waals surface area contributed by atoms with Gasteiger partial charge >= 0.3 is 0 Å². The average molecular weight is 680 g/mol. The normalized spacial score (nSPS) is 15.4. The summed E-state index contributed by atoms with van der Waals surface area (Å²) in [4.78, 5) is 2.44. The fourth-order valence-electron chi connectivity index (χ4n) is 8.98. The Morgan fingerprint density at radius 2 is 0.846 bits per heavy atom. The molecule has 0 amide bonds. The maximum Gasteiger partial charge on any atom is 0.137 e. The van der Waals surface area contributed by atoms with E-state index < -0.39 is 0 Å². The molecule has 52 heavy (non-hydrogen) atoms. The molecule has 0 atom stereocenters. The minimum atomic E-state index is -0.136. The molecule has 2 aliphatic carbocycles. The van der Waals surface area contributed by atoms with Crippen LogP contribution in [0.1, 0.15) is 103 Å². The van der Waals surface area contributed by atoms with Gasteiger partial charge in [0.1, 0.15) is 11.2 Å². The number of anilines is 3. The van der Waals surface area contributed by atoms with E-state index in [1.807, 2.05) is 0 Å². The van der Waals surface area contributed by atoms with E-state index in [0.29, 0.717) is 0 Å². The van der Waals surface area contributed by atoms with Crippen molar-refractivity contribution in [2.45, 2.75) is 90.9 Å². The van der Waals surface area contributed by atoms with Crippen LogP contribution in [0.4, 0.5) is 17.1 Å². The molecule has 0 aliphatic heterocycles. The second-order valence-electron chi connectivity index (χ2n) is 18.3. The molecule has 0 saturated heterocycles. The lowest BCUT2D eigenvalue weighted by molar-refractivity contribution is 0.584. The molecule has 0 spiro atoms. The molecule has 0 saturated carbocycles. The molecular weight excluding hydrogens is 631 g/mol. The average Bonchev–Trinajstić information content (AvgIpc) is 3.66. The van der Waals surface area contributed by atoms with E-state index in [-0.39, 0.29) is 21.7 Å². The summed E-state index contributed by atoms with van der Waals surface area (Å²) in [5.74, 6) is 0. The Morgan fingerprint density at radius 1 is 0.423 bits per heavy atom. The lowest BCUT2D eigenvalue weighted by Crippen LogP contribution is -2.19. The zero-order valence-electron chi connectivity index (χ0n) is 32.3. The van der Waals surface area contributed by atoms with Crippen LogP contribution in [0.25, 0.3) is 44.2 Å². The maximum absolute atomic E-state index is 6.66. The fraction of sp³-hybridized carbons (Fsp3) is 0.280. The Hall–Kier alpha value is -5.08. The molecule has 260 valence electrons. The van der Waals surface area contributed by atoms with E-state index >= 15 is 0 Å². The third kappa shape index (κ3) is 4.76. The number of fused-ring (bicyclic) bond motifs is 9. The third-order valence-corrected chi connectivity index (χ3v) is 12.2. The summed E-state index contributed by atoms with van der Waals surface area (Å²) >= 11 is 0. The highest BCUT2D eigenvalue weighted by atomic mass is 16.3. The molecule has 0 N–H and O–H groups in total. The largest absolute Gasteiger partial charge is 0.456 e. The molecule has 1 aromatic heterocycles. The van der Waals surface area contributed by atoms with Crippen molar-refractivity contribution in [3.8, 4) is 22.3 Å². The molecule has 2 heteroatoms. The SMILES string of the molecule is CC(C)(C)c1ccc2c(c1)C(C)(C)c1cc(N(c3ccc4c(c3)C(C)(C)c3ccccc3-4)c3ccc4c(c3)oc3cc(C(C)(C)C)ccc34)ccc1-2. The van der Waals surface area contributed by atoms with Gasteiger partial charge in [0.25, 0.3) is 0 Å². The first-order valence-corrected chi connectivity index (χ1v) is 18.8. The zero-order valence-corrected chi connectivity index (χ0v) is 32.3. The second-order valence-corrected chi connectivity index (χ2v) is 18.3.